The smallest absolute Gasteiger partial charge is 0.123 e. The molecule has 17 heavy (non-hydrogen) atoms. The molecule has 0 radical (unpaired) electrons. The van der Waals surface area contributed by atoms with Crippen molar-refractivity contribution in [3.63, 3.8) is 0 Å². The van der Waals surface area contributed by atoms with Gasteiger partial charge in [-0.2, -0.15) is 0 Å². The molecule has 2 rings (SSSR count). The van der Waals surface area contributed by atoms with Crippen LogP contribution in [0.4, 0.5) is 4.39 Å². The lowest BCUT2D eigenvalue weighted by Crippen LogP contribution is -2.33. The SMILES string of the molecule is CCC1CCCC(NCc2cccc(F)c2)C1. The highest BCUT2D eigenvalue weighted by Gasteiger charge is 2.19. The summed E-state index contributed by atoms with van der Waals surface area (Å²) in [7, 11) is 0. The van der Waals surface area contributed by atoms with Crippen LogP contribution in [0.3, 0.4) is 0 Å². The first-order chi connectivity index (χ1) is 8.28. The van der Waals surface area contributed by atoms with E-state index in [-0.39, 0.29) is 5.82 Å². The summed E-state index contributed by atoms with van der Waals surface area (Å²) in [4.78, 5) is 0. The van der Waals surface area contributed by atoms with Crippen LogP contribution in [0.1, 0.15) is 44.6 Å². The van der Waals surface area contributed by atoms with E-state index >= 15 is 0 Å². The molecule has 2 unspecified atom stereocenters. The Morgan fingerprint density at radius 2 is 2.24 bits per heavy atom. The summed E-state index contributed by atoms with van der Waals surface area (Å²) in [5.41, 5.74) is 1.05. The van der Waals surface area contributed by atoms with Crippen LogP contribution in [-0.4, -0.2) is 6.04 Å². The number of halogens is 1. The van der Waals surface area contributed by atoms with Gasteiger partial charge in [0.2, 0.25) is 0 Å². The van der Waals surface area contributed by atoms with E-state index in [9.17, 15) is 4.39 Å². The molecule has 0 heterocycles. The van der Waals surface area contributed by atoms with Gasteiger partial charge in [-0.25, -0.2) is 4.39 Å². The van der Waals surface area contributed by atoms with Crippen molar-refractivity contribution in [3.05, 3.63) is 35.6 Å². The molecule has 0 aliphatic heterocycles. The maximum absolute atomic E-state index is 13.0. The average Bonchev–Trinajstić information content (AvgIpc) is 2.37. The lowest BCUT2D eigenvalue weighted by atomic mass is 9.84. The summed E-state index contributed by atoms with van der Waals surface area (Å²) < 4.78 is 13.0. The molecular weight excluding hydrogens is 213 g/mol. The molecule has 0 spiro atoms. The van der Waals surface area contributed by atoms with E-state index < -0.39 is 0 Å². The molecule has 1 fully saturated rings. The van der Waals surface area contributed by atoms with Crippen LogP contribution >= 0.6 is 0 Å². The van der Waals surface area contributed by atoms with Gasteiger partial charge in [-0.1, -0.05) is 38.3 Å². The number of nitrogens with one attached hydrogen (secondary N) is 1. The molecule has 1 aromatic carbocycles. The van der Waals surface area contributed by atoms with Crippen LogP contribution in [-0.2, 0) is 6.54 Å². The minimum atomic E-state index is -0.139. The Bertz CT molecular complexity index is 351. The summed E-state index contributed by atoms with van der Waals surface area (Å²) in [6.45, 7) is 3.07. The molecule has 2 heteroatoms. The molecule has 0 bridgehead atoms. The van der Waals surface area contributed by atoms with Gasteiger partial charge in [0.15, 0.2) is 0 Å². The summed E-state index contributed by atoms with van der Waals surface area (Å²) in [6, 6.07) is 7.50. The van der Waals surface area contributed by atoms with Crippen LogP contribution in [0.5, 0.6) is 0 Å². The molecule has 1 aliphatic rings. The van der Waals surface area contributed by atoms with Crippen LogP contribution in [0.2, 0.25) is 0 Å². The maximum atomic E-state index is 13.0. The lowest BCUT2D eigenvalue weighted by Gasteiger charge is -2.29. The molecular formula is C15H22FN. The lowest BCUT2D eigenvalue weighted by molar-refractivity contribution is 0.278. The fourth-order valence-corrected chi connectivity index (χ4v) is 2.76. The van der Waals surface area contributed by atoms with E-state index in [1.54, 1.807) is 12.1 Å². The van der Waals surface area contributed by atoms with Gasteiger partial charge in [0.25, 0.3) is 0 Å². The number of hydrogen-bond acceptors (Lipinski definition) is 1. The molecule has 0 saturated heterocycles. The van der Waals surface area contributed by atoms with E-state index in [0.717, 1.165) is 18.0 Å². The topological polar surface area (TPSA) is 12.0 Å². The molecule has 1 saturated carbocycles. The Morgan fingerprint density at radius 3 is 3.00 bits per heavy atom. The van der Waals surface area contributed by atoms with E-state index in [0.29, 0.717) is 6.04 Å². The average molecular weight is 235 g/mol. The van der Waals surface area contributed by atoms with Crippen LogP contribution in [0, 0.1) is 11.7 Å². The van der Waals surface area contributed by atoms with Crippen molar-refractivity contribution >= 4 is 0 Å². The third kappa shape index (κ3) is 3.81. The van der Waals surface area contributed by atoms with E-state index in [2.05, 4.69) is 12.2 Å². The molecule has 94 valence electrons. The highest BCUT2D eigenvalue weighted by Crippen LogP contribution is 2.26. The Labute approximate surface area is 103 Å². The highest BCUT2D eigenvalue weighted by molar-refractivity contribution is 5.16. The first kappa shape index (κ1) is 12.6. The largest absolute Gasteiger partial charge is 0.310 e. The van der Waals surface area contributed by atoms with Gasteiger partial charge in [0, 0.05) is 12.6 Å². The van der Waals surface area contributed by atoms with Crippen LogP contribution in [0.25, 0.3) is 0 Å². The summed E-state index contributed by atoms with van der Waals surface area (Å²) in [6.07, 6.45) is 6.56. The van der Waals surface area contributed by atoms with Gasteiger partial charge in [0.1, 0.15) is 5.82 Å². The van der Waals surface area contributed by atoms with E-state index in [1.165, 1.54) is 38.2 Å². The van der Waals surface area contributed by atoms with E-state index in [1.807, 2.05) is 6.07 Å². The van der Waals surface area contributed by atoms with Crippen molar-refractivity contribution < 1.29 is 4.39 Å². The normalized spacial score (nSPS) is 24.8. The number of hydrogen-bond donors (Lipinski definition) is 1. The third-order valence-corrected chi connectivity index (χ3v) is 3.84. The Hall–Kier alpha value is -0.890. The van der Waals surface area contributed by atoms with Crippen LogP contribution < -0.4 is 5.32 Å². The predicted molar refractivity (Wildman–Crippen MR) is 69.3 cm³/mol. The van der Waals surface area contributed by atoms with Gasteiger partial charge < -0.3 is 5.32 Å². The molecule has 1 aliphatic carbocycles. The fourth-order valence-electron chi connectivity index (χ4n) is 2.76. The first-order valence-electron chi connectivity index (χ1n) is 6.75. The van der Waals surface area contributed by atoms with Crippen molar-refractivity contribution in [3.8, 4) is 0 Å². The summed E-state index contributed by atoms with van der Waals surface area (Å²) in [5, 5.41) is 3.56. The molecule has 1 aromatic rings. The monoisotopic (exact) mass is 235 g/mol. The Morgan fingerprint density at radius 1 is 1.35 bits per heavy atom. The maximum Gasteiger partial charge on any atom is 0.123 e. The van der Waals surface area contributed by atoms with Crippen LogP contribution in [0.15, 0.2) is 24.3 Å². The minimum Gasteiger partial charge on any atom is -0.310 e. The standard InChI is InChI=1S/C15H22FN/c1-2-12-5-4-8-15(10-12)17-11-13-6-3-7-14(16)9-13/h3,6-7,9,12,15,17H,2,4-5,8,10-11H2,1H3. The van der Waals surface area contributed by atoms with Crippen molar-refractivity contribution in [2.24, 2.45) is 5.92 Å². The van der Waals surface area contributed by atoms with Crippen molar-refractivity contribution in [1.29, 1.82) is 0 Å². The molecule has 2 atom stereocenters. The molecule has 0 amide bonds. The van der Waals surface area contributed by atoms with E-state index in [4.69, 9.17) is 0 Å². The summed E-state index contributed by atoms with van der Waals surface area (Å²) >= 11 is 0. The number of rotatable bonds is 4. The Kier molecular flexibility index (Phi) is 4.55. The zero-order chi connectivity index (χ0) is 12.1. The Balaban J connectivity index is 1.81. The van der Waals surface area contributed by atoms with Gasteiger partial charge >= 0.3 is 0 Å². The summed E-state index contributed by atoms with van der Waals surface area (Å²) in [5.74, 6) is 0.744. The third-order valence-electron chi connectivity index (χ3n) is 3.84. The first-order valence-corrected chi connectivity index (χ1v) is 6.75. The van der Waals surface area contributed by atoms with Gasteiger partial charge in [0.05, 0.1) is 0 Å². The van der Waals surface area contributed by atoms with Crippen molar-refractivity contribution in [1.82, 2.24) is 5.32 Å². The predicted octanol–water partition coefficient (Wildman–Crippen LogP) is 3.88. The second-order valence-electron chi connectivity index (χ2n) is 5.15. The zero-order valence-electron chi connectivity index (χ0n) is 10.6. The highest BCUT2D eigenvalue weighted by atomic mass is 19.1. The van der Waals surface area contributed by atoms with Crippen molar-refractivity contribution in [2.45, 2.75) is 51.6 Å². The molecule has 1 nitrogen and oxygen atoms in total. The second-order valence-corrected chi connectivity index (χ2v) is 5.15. The van der Waals surface area contributed by atoms with Gasteiger partial charge in [-0.05, 0) is 36.5 Å². The molecule has 0 aromatic heterocycles. The number of benzene rings is 1. The minimum absolute atomic E-state index is 0.139. The van der Waals surface area contributed by atoms with Gasteiger partial charge in [-0.15, -0.1) is 0 Å². The zero-order valence-corrected chi connectivity index (χ0v) is 10.6. The van der Waals surface area contributed by atoms with Crippen molar-refractivity contribution in [2.75, 3.05) is 0 Å². The molecule has 1 N–H and O–H groups in total. The quantitative estimate of drug-likeness (QED) is 0.835. The van der Waals surface area contributed by atoms with Gasteiger partial charge in [-0.3, -0.25) is 0 Å². The fraction of sp³-hybridized carbons (Fsp3) is 0.600. The second kappa shape index (κ2) is 6.15.